The predicted octanol–water partition coefficient (Wildman–Crippen LogP) is -6.54. The number of rotatable bonds is 36. The second-order valence-corrected chi connectivity index (χ2v) is 23.1. The van der Waals surface area contributed by atoms with Crippen LogP contribution in [0.15, 0.2) is 17.1 Å². The van der Waals surface area contributed by atoms with Gasteiger partial charge in [-0.25, -0.2) is 4.79 Å². The number of urea groups is 1. The third-order valence-electron chi connectivity index (χ3n) is 15.0. The monoisotopic (exact) mass is 1290 g/mol. The minimum absolute atomic E-state index is 0.0155. The lowest BCUT2D eigenvalue weighted by Gasteiger charge is -2.27. The van der Waals surface area contributed by atoms with Gasteiger partial charge < -0.3 is 90.2 Å². The number of carbonyl (C=O) groups excluding carboxylic acids is 14. The Morgan fingerprint density at radius 3 is 1.62 bits per heavy atom. The van der Waals surface area contributed by atoms with Gasteiger partial charge in [0, 0.05) is 19.5 Å². The number of carbonyl (C=O) groups is 17. The van der Waals surface area contributed by atoms with Gasteiger partial charge in [-0.15, -0.1) is 0 Å². The van der Waals surface area contributed by atoms with E-state index in [4.69, 9.17) is 16.6 Å². The van der Waals surface area contributed by atoms with Crippen LogP contribution in [-0.4, -0.2) is 220 Å². The molecular weight excluding hydrogens is 1200 g/mol. The van der Waals surface area contributed by atoms with Crippen LogP contribution in [0.3, 0.4) is 0 Å². The average Bonchev–Trinajstić information content (AvgIpc) is 1.57. The number of nitrogens with two attached hydrogens (primary N) is 2. The van der Waals surface area contributed by atoms with E-state index in [-0.39, 0.29) is 74.8 Å². The molecule has 18 N–H and O–H groups in total. The van der Waals surface area contributed by atoms with E-state index in [0.717, 1.165) is 0 Å². The van der Waals surface area contributed by atoms with Gasteiger partial charge >= 0.3 is 23.9 Å². The summed E-state index contributed by atoms with van der Waals surface area (Å²) in [7, 11) is 0. The zero-order chi connectivity index (χ0) is 68.0. The van der Waals surface area contributed by atoms with Gasteiger partial charge in [0.15, 0.2) is 5.96 Å². The van der Waals surface area contributed by atoms with E-state index in [1.165, 1.54) is 11.8 Å². The molecule has 2 bridgehead atoms. The number of nitrogens with zero attached hydrogens (tertiary/aromatic N) is 3. The van der Waals surface area contributed by atoms with Crippen molar-refractivity contribution in [3.05, 3.63) is 12.2 Å². The number of nitrogens with one attached hydrogen (secondary N) is 11. The van der Waals surface area contributed by atoms with Gasteiger partial charge in [0.05, 0.1) is 44.4 Å². The molecular formula is C55H82N16O20. The Balaban J connectivity index is 1.26. The zero-order valence-electron chi connectivity index (χ0n) is 51.0. The van der Waals surface area contributed by atoms with E-state index in [9.17, 15) is 91.7 Å². The summed E-state index contributed by atoms with van der Waals surface area (Å²) in [5.74, 6) is -18.1. The van der Waals surface area contributed by atoms with E-state index >= 15 is 0 Å². The van der Waals surface area contributed by atoms with E-state index in [1.807, 2.05) is 17.5 Å². The summed E-state index contributed by atoms with van der Waals surface area (Å²) in [4.78, 5) is 225. The quantitative estimate of drug-likeness (QED) is 0.00912. The Kier molecular flexibility index (Phi) is 28.2. The molecule has 4 rings (SSSR count). The highest BCUT2D eigenvalue weighted by atomic mass is 16.4. The predicted molar refractivity (Wildman–Crippen MR) is 313 cm³/mol. The Morgan fingerprint density at radius 2 is 1.05 bits per heavy atom. The van der Waals surface area contributed by atoms with E-state index in [0.29, 0.717) is 17.7 Å². The van der Waals surface area contributed by atoms with Gasteiger partial charge in [0.1, 0.15) is 48.8 Å². The molecule has 2 heterocycles. The van der Waals surface area contributed by atoms with Crippen molar-refractivity contribution in [3.63, 3.8) is 0 Å². The summed E-state index contributed by atoms with van der Waals surface area (Å²) in [5, 5.41) is 53.0. The highest BCUT2D eigenvalue weighted by molar-refractivity contribution is 6.17. The van der Waals surface area contributed by atoms with Crippen molar-refractivity contribution in [1.82, 2.24) is 68.3 Å². The lowest BCUT2D eigenvalue weighted by atomic mass is 9.85. The molecule has 0 spiro atoms. The van der Waals surface area contributed by atoms with Crippen molar-refractivity contribution in [1.29, 1.82) is 0 Å². The fourth-order valence-electron chi connectivity index (χ4n) is 10.7. The highest BCUT2D eigenvalue weighted by Gasteiger charge is 2.61. The van der Waals surface area contributed by atoms with Crippen LogP contribution in [0.2, 0.25) is 0 Å². The van der Waals surface area contributed by atoms with Crippen LogP contribution in [0.5, 0.6) is 0 Å². The SMILES string of the molecule is CC(C)C[C@H](NC(=O)CNC(=O)[C@H](CC(C)C)NC(=O)[C@@H]1CCCN1C(=O)CNC(=O)N1C(=O)C2C3C=CC(C3)C2C1=O)C(=O)N[C@@H](C)C(=O)NCC(=O)NCC(=O)N[C@@H](CCC(=O)O)C(=O)N[C@@H](CCCN=C(N)N)C(=O)N[C@@H](CC(=O)O)C(=O)NCC(=O)O. The molecule has 11 atom stereocenters. The van der Waals surface area contributed by atoms with Crippen molar-refractivity contribution < 1.29 is 96.8 Å². The fourth-order valence-corrected chi connectivity index (χ4v) is 10.7. The molecule has 36 heteroatoms. The number of likely N-dealkylation sites (tertiary alicyclic amines) is 2. The molecule has 4 unspecified atom stereocenters. The first-order valence-electron chi connectivity index (χ1n) is 29.5. The minimum atomic E-state index is -1.84. The molecule has 1 saturated carbocycles. The maximum atomic E-state index is 13.7. The number of hydrogen-bond donors (Lipinski definition) is 16. The first kappa shape index (κ1) is 73.7. The molecule has 2 saturated heterocycles. The normalized spacial score (nSPS) is 19.7. The van der Waals surface area contributed by atoms with Crippen LogP contribution >= 0.6 is 0 Å². The fraction of sp³-hybridized carbons (Fsp3) is 0.636. The Bertz CT molecular complexity index is 2850. The number of aliphatic carboxylic acids is 3. The molecule has 4 aliphatic rings. The van der Waals surface area contributed by atoms with Gasteiger partial charge in [0.25, 0.3) is 0 Å². The molecule has 502 valence electrons. The summed E-state index contributed by atoms with van der Waals surface area (Å²) in [6.45, 7) is 4.51. The van der Waals surface area contributed by atoms with Crippen molar-refractivity contribution in [3.8, 4) is 0 Å². The minimum Gasteiger partial charge on any atom is -0.481 e. The van der Waals surface area contributed by atoms with Gasteiger partial charge in [-0.05, 0) is 82.0 Å². The number of guanidine groups is 1. The first-order chi connectivity index (χ1) is 42.8. The van der Waals surface area contributed by atoms with Gasteiger partial charge in [-0.2, -0.15) is 4.90 Å². The van der Waals surface area contributed by atoms with Crippen LogP contribution in [0.25, 0.3) is 0 Å². The number of hydrogen-bond acceptors (Lipinski definition) is 18. The van der Waals surface area contributed by atoms with E-state index in [2.05, 4.69) is 58.2 Å². The van der Waals surface area contributed by atoms with Crippen LogP contribution in [0.4, 0.5) is 4.79 Å². The number of carboxylic acids is 3. The van der Waals surface area contributed by atoms with Crippen LogP contribution in [0.1, 0.15) is 98.8 Å². The molecule has 91 heavy (non-hydrogen) atoms. The maximum Gasteiger partial charge on any atom is 0.331 e. The summed E-state index contributed by atoms with van der Waals surface area (Å²) in [6, 6.07) is -11.0. The lowest BCUT2D eigenvalue weighted by molar-refractivity contribution is -0.142. The lowest BCUT2D eigenvalue weighted by Crippen LogP contribution is -2.57. The number of allylic oxidation sites excluding steroid dienone is 2. The van der Waals surface area contributed by atoms with E-state index in [1.54, 1.807) is 27.7 Å². The van der Waals surface area contributed by atoms with Crippen LogP contribution in [-0.2, 0) is 76.7 Å². The second-order valence-electron chi connectivity index (χ2n) is 23.1. The van der Waals surface area contributed by atoms with Crippen LogP contribution < -0.4 is 70.0 Å². The van der Waals surface area contributed by atoms with Crippen LogP contribution in [0, 0.1) is 35.5 Å². The molecule has 0 aromatic carbocycles. The van der Waals surface area contributed by atoms with Gasteiger partial charge in [0.2, 0.25) is 76.8 Å². The van der Waals surface area contributed by atoms with E-state index < -0.39 is 207 Å². The summed E-state index contributed by atoms with van der Waals surface area (Å²) in [5.41, 5.74) is 10.7. The molecule has 0 radical (unpaired) electrons. The highest BCUT2D eigenvalue weighted by Crippen LogP contribution is 2.52. The Hall–Kier alpha value is -9.80. The largest absolute Gasteiger partial charge is 0.481 e. The molecule has 0 aromatic rings. The third-order valence-corrected chi connectivity index (χ3v) is 15.0. The third kappa shape index (κ3) is 22.9. The Labute approximate surface area is 521 Å². The number of fused-ring (bicyclic) bond motifs is 5. The first-order valence-corrected chi connectivity index (χ1v) is 29.5. The number of imide groups is 3. The standard InChI is InChI=1S/C55H82N16O20/c1-25(2)16-32(69-51(88)35-9-7-15-70(35)39(75)23-63-55(91)71-52(89)43-28-10-11-29(18-28)44(43)53(71)90)46(83)61-22-38(74)66-33(17-26(3)4)50(87)64-27(5)45(82)60-20-36(72)59-21-37(73)65-31(12-13-40(76)77)49(86)67-30(8-6-14-58-54(56)57)48(85)68-34(19-41(78)79)47(84)62-24-42(80)81/h10-11,25-35,43-44H,6-9,12-24H2,1-5H3,(H,59,72)(H,60,82)(H,61,83)(H,62,84)(H,63,91)(H,64,87)(H,65,73)(H,66,74)(H,67,86)(H,68,85)(H,69,88)(H,76,77)(H,78,79)(H,80,81)(H4,56,57,58)/t27-,28?,29?,30-,31-,32-,33-,34-,35-,43?,44?/m0/s1. The number of aliphatic imine (C=N–C) groups is 1. The van der Waals surface area contributed by atoms with Crippen molar-refractivity contribution >= 4 is 107 Å². The Morgan fingerprint density at radius 1 is 0.549 bits per heavy atom. The topological polar surface area (TPSA) is 554 Å². The van der Waals surface area contributed by atoms with Gasteiger partial charge in [-0.1, -0.05) is 39.8 Å². The second kappa shape index (κ2) is 34.8. The smallest absolute Gasteiger partial charge is 0.331 e. The summed E-state index contributed by atoms with van der Waals surface area (Å²) < 4.78 is 0. The van der Waals surface area contributed by atoms with Crippen molar-refractivity contribution in [2.45, 2.75) is 141 Å². The molecule has 15 amide bonds. The van der Waals surface area contributed by atoms with Crippen molar-refractivity contribution in [2.24, 2.45) is 52.0 Å². The summed E-state index contributed by atoms with van der Waals surface area (Å²) >= 11 is 0. The number of carboxylic acid groups (broad SMARTS) is 3. The molecule has 3 fully saturated rings. The molecule has 0 aromatic heterocycles. The molecule has 2 aliphatic carbocycles. The average molecular weight is 1290 g/mol. The molecule has 36 nitrogen and oxygen atoms in total. The zero-order valence-corrected chi connectivity index (χ0v) is 51.0. The maximum absolute atomic E-state index is 13.7. The molecule has 2 aliphatic heterocycles. The summed E-state index contributed by atoms with van der Waals surface area (Å²) in [6.07, 6.45) is 2.60. The van der Waals surface area contributed by atoms with Crippen molar-refractivity contribution in [2.75, 3.05) is 45.8 Å². The van der Waals surface area contributed by atoms with Gasteiger partial charge in [-0.3, -0.25) is 81.7 Å². The number of amides is 15.